The standard InChI is InChI=1S/C20H28N4O3/c1-13(2)24-10-6-8-16(24)12-18(25)21-14(3)20-22-19(23-27-20)15-7-5-9-17(11-15)26-4/h5,7,9,11,13-14,16H,6,8,10,12H2,1-4H3,(H,21,25)/t14-,16-/m0/s1. The van der Waals surface area contributed by atoms with E-state index in [2.05, 4.69) is 34.2 Å². The first-order chi connectivity index (χ1) is 13.0. The molecular formula is C20H28N4O3. The van der Waals surface area contributed by atoms with Gasteiger partial charge in [-0.05, 0) is 52.3 Å². The van der Waals surface area contributed by atoms with Crippen LogP contribution in [0.3, 0.4) is 0 Å². The molecule has 27 heavy (non-hydrogen) atoms. The molecule has 0 unspecified atom stereocenters. The van der Waals surface area contributed by atoms with Gasteiger partial charge in [0.05, 0.1) is 7.11 Å². The lowest BCUT2D eigenvalue weighted by Crippen LogP contribution is -2.39. The minimum absolute atomic E-state index is 0.0150. The van der Waals surface area contributed by atoms with Crippen LogP contribution < -0.4 is 10.1 Å². The average Bonchev–Trinajstić information content (AvgIpc) is 3.31. The Balaban J connectivity index is 1.60. The van der Waals surface area contributed by atoms with Gasteiger partial charge in [0.25, 0.3) is 0 Å². The second-order valence-corrected chi connectivity index (χ2v) is 7.31. The summed E-state index contributed by atoms with van der Waals surface area (Å²) in [5.41, 5.74) is 0.807. The Hall–Kier alpha value is -2.41. The summed E-state index contributed by atoms with van der Waals surface area (Å²) in [6, 6.07) is 7.91. The van der Waals surface area contributed by atoms with E-state index in [0.29, 0.717) is 30.2 Å². The van der Waals surface area contributed by atoms with Crippen LogP contribution in [0, 0.1) is 0 Å². The Morgan fingerprint density at radius 1 is 1.41 bits per heavy atom. The van der Waals surface area contributed by atoms with Gasteiger partial charge in [-0.2, -0.15) is 4.98 Å². The molecular weight excluding hydrogens is 344 g/mol. The van der Waals surface area contributed by atoms with E-state index in [-0.39, 0.29) is 11.9 Å². The van der Waals surface area contributed by atoms with Gasteiger partial charge in [0, 0.05) is 24.1 Å². The number of nitrogens with one attached hydrogen (secondary N) is 1. The minimum atomic E-state index is -0.335. The van der Waals surface area contributed by atoms with Crippen LogP contribution in [0.1, 0.15) is 52.0 Å². The van der Waals surface area contributed by atoms with Crippen LogP contribution in [-0.2, 0) is 4.79 Å². The molecule has 1 aromatic carbocycles. The van der Waals surface area contributed by atoms with Gasteiger partial charge in [-0.3, -0.25) is 9.69 Å². The van der Waals surface area contributed by atoms with Crippen molar-refractivity contribution in [3.63, 3.8) is 0 Å². The van der Waals surface area contributed by atoms with Gasteiger partial charge in [0.15, 0.2) is 0 Å². The fourth-order valence-electron chi connectivity index (χ4n) is 3.62. The van der Waals surface area contributed by atoms with Crippen molar-refractivity contribution in [2.45, 2.75) is 58.2 Å². The third-order valence-corrected chi connectivity index (χ3v) is 5.02. The predicted octanol–water partition coefficient (Wildman–Crippen LogP) is 3.19. The fraction of sp³-hybridized carbons (Fsp3) is 0.550. The van der Waals surface area contributed by atoms with E-state index < -0.39 is 0 Å². The van der Waals surface area contributed by atoms with Crippen LogP contribution in [0.25, 0.3) is 11.4 Å². The Morgan fingerprint density at radius 3 is 2.96 bits per heavy atom. The molecule has 1 N–H and O–H groups in total. The van der Waals surface area contributed by atoms with Crippen LogP contribution in [0.2, 0.25) is 0 Å². The van der Waals surface area contributed by atoms with Crippen molar-refractivity contribution < 1.29 is 14.1 Å². The molecule has 1 aromatic heterocycles. The number of hydrogen-bond donors (Lipinski definition) is 1. The maximum absolute atomic E-state index is 12.5. The summed E-state index contributed by atoms with van der Waals surface area (Å²) in [5.74, 6) is 1.62. The summed E-state index contributed by atoms with van der Waals surface area (Å²) in [7, 11) is 1.61. The first kappa shape index (κ1) is 19.4. The van der Waals surface area contributed by atoms with Crippen molar-refractivity contribution in [2.24, 2.45) is 0 Å². The monoisotopic (exact) mass is 372 g/mol. The Labute approximate surface area is 160 Å². The molecule has 1 saturated heterocycles. The van der Waals surface area contributed by atoms with Gasteiger partial charge >= 0.3 is 0 Å². The quantitative estimate of drug-likeness (QED) is 0.804. The lowest BCUT2D eigenvalue weighted by molar-refractivity contribution is -0.123. The summed E-state index contributed by atoms with van der Waals surface area (Å²) >= 11 is 0. The smallest absolute Gasteiger partial charge is 0.249 e. The molecule has 146 valence electrons. The van der Waals surface area contributed by atoms with Crippen molar-refractivity contribution >= 4 is 5.91 Å². The number of hydrogen-bond acceptors (Lipinski definition) is 6. The molecule has 0 radical (unpaired) electrons. The SMILES string of the molecule is COc1cccc(-c2noc([C@H](C)NC(=O)C[C@@H]3CCCN3C(C)C)n2)c1. The average molecular weight is 372 g/mol. The Kier molecular flexibility index (Phi) is 6.11. The number of ether oxygens (including phenoxy) is 1. The predicted molar refractivity (Wildman–Crippen MR) is 102 cm³/mol. The van der Waals surface area contributed by atoms with E-state index in [1.165, 1.54) is 0 Å². The molecule has 1 fully saturated rings. The van der Waals surface area contributed by atoms with E-state index in [9.17, 15) is 4.79 Å². The molecule has 7 heteroatoms. The number of benzene rings is 1. The van der Waals surface area contributed by atoms with Crippen molar-refractivity contribution in [1.82, 2.24) is 20.4 Å². The number of rotatable bonds is 7. The second kappa shape index (κ2) is 8.52. The number of methoxy groups -OCH3 is 1. The lowest BCUT2D eigenvalue weighted by Gasteiger charge is -2.28. The first-order valence-electron chi connectivity index (χ1n) is 9.51. The van der Waals surface area contributed by atoms with E-state index in [1.807, 2.05) is 31.2 Å². The molecule has 0 bridgehead atoms. The Morgan fingerprint density at radius 2 is 2.22 bits per heavy atom. The molecule has 2 atom stereocenters. The molecule has 0 saturated carbocycles. The normalized spacial score (nSPS) is 18.6. The highest BCUT2D eigenvalue weighted by Crippen LogP contribution is 2.24. The van der Waals surface area contributed by atoms with E-state index in [0.717, 1.165) is 30.7 Å². The molecule has 3 rings (SSSR count). The van der Waals surface area contributed by atoms with Crippen molar-refractivity contribution in [3.05, 3.63) is 30.2 Å². The number of carbonyl (C=O) groups excluding carboxylic acids is 1. The van der Waals surface area contributed by atoms with Crippen LogP contribution in [0.5, 0.6) is 5.75 Å². The zero-order chi connectivity index (χ0) is 19.4. The largest absolute Gasteiger partial charge is 0.497 e. The van der Waals surface area contributed by atoms with Crippen LogP contribution in [0.15, 0.2) is 28.8 Å². The molecule has 1 aliphatic heterocycles. The fourth-order valence-corrected chi connectivity index (χ4v) is 3.62. The van der Waals surface area contributed by atoms with E-state index in [4.69, 9.17) is 9.26 Å². The highest BCUT2D eigenvalue weighted by molar-refractivity contribution is 5.77. The molecule has 1 amide bonds. The molecule has 0 spiro atoms. The Bertz CT molecular complexity index is 774. The lowest BCUT2D eigenvalue weighted by atomic mass is 10.1. The molecule has 2 heterocycles. The first-order valence-corrected chi connectivity index (χ1v) is 9.51. The van der Waals surface area contributed by atoms with Gasteiger partial charge < -0.3 is 14.6 Å². The summed E-state index contributed by atoms with van der Waals surface area (Å²) in [6.07, 6.45) is 2.72. The third-order valence-electron chi connectivity index (χ3n) is 5.02. The van der Waals surface area contributed by atoms with Gasteiger partial charge in [0.1, 0.15) is 11.8 Å². The van der Waals surface area contributed by atoms with Crippen LogP contribution in [-0.4, -0.2) is 46.7 Å². The zero-order valence-electron chi connectivity index (χ0n) is 16.4. The van der Waals surface area contributed by atoms with Gasteiger partial charge in [-0.1, -0.05) is 17.3 Å². The summed E-state index contributed by atoms with van der Waals surface area (Å²) in [4.78, 5) is 19.3. The second-order valence-electron chi connectivity index (χ2n) is 7.31. The van der Waals surface area contributed by atoms with E-state index in [1.54, 1.807) is 7.11 Å². The number of carbonyl (C=O) groups is 1. The molecule has 0 aliphatic carbocycles. The zero-order valence-corrected chi connectivity index (χ0v) is 16.4. The maximum Gasteiger partial charge on any atom is 0.249 e. The van der Waals surface area contributed by atoms with Crippen LogP contribution in [0.4, 0.5) is 0 Å². The summed E-state index contributed by atoms with van der Waals surface area (Å²) in [6.45, 7) is 7.28. The van der Waals surface area contributed by atoms with Gasteiger partial charge in [-0.25, -0.2) is 0 Å². The minimum Gasteiger partial charge on any atom is -0.497 e. The van der Waals surface area contributed by atoms with Gasteiger partial charge in [0.2, 0.25) is 17.6 Å². The van der Waals surface area contributed by atoms with Crippen molar-refractivity contribution in [3.8, 4) is 17.1 Å². The number of amides is 1. The number of nitrogens with zero attached hydrogens (tertiary/aromatic N) is 3. The third kappa shape index (κ3) is 4.66. The molecule has 7 nitrogen and oxygen atoms in total. The number of aromatic nitrogens is 2. The highest BCUT2D eigenvalue weighted by atomic mass is 16.5. The summed E-state index contributed by atoms with van der Waals surface area (Å²) < 4.78 is 10.6. The highest BCUT2D eigenvalue weighted by Gasteiger charge is 2.29. The molecule has 1 aliphatic rings. The van der Waals surface area contributed by atoms with Crippen LogP contribution >= 0.6 is 0 Å². The maximum atomic E-state index is 12.5. The van der Waals surface area contributed by atoms with Crippen molar-refractivity contribution in [1.29, 1.82) is 0 Å². The topological polar surface area (TPSA) is 80.5 Å². The van der Waals surface area contributed by atoms with Gasteiger partial charge in [-0.15, -0.1) is 0 Å². The summed E-state index contributed by atoms with van der Waals surface area (Å²) in [5, 5.41) is 7.01. The van der Waals surface area contributed by atoms with Crippen molar-refractivity contribution in [2.75, 3.05) is 13.7 Å². The number of likely N-dealkylation sites (tertiary alicyclic amines) is 1. The van der Waals surface area contributed by atoms with E-state index >= 15 is 0 Å². The molecule has 2 aromatic rings.